The molecule has 0 bridgehead atoms. The van der Waals surface area contributed by atoms with E-state index in [1.807, 2.05) is 6.92 Å². The first-order valence-electron chi connectivity index (χ1n) is 11.6. The molecular formula is C24H37N3O3. The Balaban J connectivity index is 1.54. The van der Waals surface area contributed by atoms with Gasteiger partial charge in [0.1, 0.15) is 6.10 Å². The zero-order valence-electron chi connectivity index (χ0n) is 18.9. The highest BCUT2D eigenvalue weighted by atomic mass is 16.5. The SMILES string of the molecule is CC(=O)O[C@@H]1CC[C@@]2(C)C(=CC[C@@H]3[C@H]4CC[C@@H](/C(C)=N\NC(N)=O)[C@@]4(C)CC[C@H]32)C1. The van der Waals surface area contributed by atoms with Crippen molar-refractivity contribution in [3.8, 4) is 0 Å². The van der Waals surface area contributed by atoms with Crippen molar-refractivity contribution in [2.75, 3.05) is 0 Å². The van der Waals surface area contributed by atoms with Gasteiger partial charge in [-0.05, 0) is 80.5 Å². The molecule has 2 amide bonds. The first kappa shape index (κ1) is 21.4. The van der Waals surface area contributed by atoms with Crippen LogP contribution in [0.15, 0.2) is 16.8 Å². The smallest absolute Gasteiger partial charge is 0.332 e. The van der Waals surface area contributed by atoms with Crippen LogP contribution in [-0.2, 0) is 9.53 Å². The number of hydrogen-bond donors (Lipinski definition) is 2. The van der Waals surface area contributed by atoms with Crippen molar-refractivity contribution >= 4 is 17.7 Å². The number of carbonyl (C=O) groups excluding carboxylic acids is 2. The van der Waals surface area contributed by atoms with Crippen LogP contribution in [0.5, 0.6) is 0 Å². The Kier molecular flexibility index (Phi) is 5.48. The highest BCUT2D eigenvalue weighted by Gasteiger charge is 2.59. The molecule has 166 valence electrons. The van der Waals surface area contributed by atoms with Crippen LogP contribution in [0.2, 0.25) is 0 Å². The van der Waals surface area contributed by atoms with E-state index in [1.165, 1.54) is 31.8 Å². The summed E-state index contributed by atoms with van der Waals surface area (Å²) in [5, 5.41) is 4.30. The first-order valence-corrected chi connectivity index (χ1v) is 11.6. The predicted octanol–water partition coefficient (Wildman–Crippen LogP) is 4.54. The second-order valence-corrected chi connectivity index (χ2v) is 10.6. The molecule has 6 nitrogen and oxygen atoms in total. The molecule has 4 aliphatic carbocycles. The summed E-state index contributed by atoms with van der Waals surface area (Å²) >= 11 is 0. The maximum Gasteiger partial charge on any atom is 0.332 e. The second-order valence-electron chi connectivity index (χ2n) is 10.6. The van der Waals surface area contributed by atoms with Gasteiger partial charge in [0, 0.05) is 25.0 Å². The summed E-state index contributed by atoms with van der Waals surface area (Å²) in [6.45, 7) is 8.48. The van der Waals surface area contributed by atoms with E-state index in [1.54, 1.807) is 0 Å². The molecule has 3 fully saturated rings. The van der Waals surface area contributed by atoms with Gasteiger partial charge in [0.15, 0.2) is 0 Å². The summed E-state index contributed by atoms with van der Waals surface area (Å²) in [5.41, 5.74) is 10.7. The molecule has 6 heteroatoms. The first-order chi connectivity index (χ1) is 14.1. The number of allylic oxidation sites excluding steroid dienone is 1. The van der Waals surface area contributed by atoms with Crippen molar-refractivity contribution < 1.29 is 14.3 Å². The number of nitrogens with zero attached hydrogens (tertiary/aromatic N) is 1. The maximum absolute atomic E-state index is 11.4. The lowest BCUT2D eigenvalue weighted by atomic mass is 9.47. The molecule has 0 saturated heterocycles. The van der Waals surface area contributed by atoms with E-state index in [2.05, 4.69) is 30.5 Å². The number of urea groups is 1. The Hall–Kier alpha value is -1.85. The largest absolute Gasteiger partial charge is 0.462 e. The zero-order valence-corrected chi connectivity index (χ0v) is 18.9. The van der Waals surface area contributed by atoms with Gasteiger partial charge in [0.05, 0.1) is 0 Å². The van der Waals surface area contributed by atoms with Crippen molar-refractivity contribution in [1.29, 1.82) is 0 Å². The van der Waals surface area contributed by atoms with Crippen LogP contribution < -0.4 is 11.2 Å². The van der Waals surface area contributed by atoms with Gasteiger partial charge in [-0.25, -0.2) is 10.2 Å². The van der Waals surface area contributed by atoms with Gasteiger partial charge >= 0.3 is 12.0 Å². The summed E-state index contributed by atoms with van der Waals surface area (Å²) in [7, 11) is 0. The molecule has 30 heavy (non-hydrogen) atoms. The molecule has 4 rings (SSSR count). The molecule has 0 spiro atoms. The summed E-state index contributed by atoms with van der Waals surface area (Å²) in [6, 6.07) is -0.597. The number of primary amides is 1. The fourth-order valence-corrected chi connectivity index (χ4v) is 7.87. The Morgan fingerprint density at radius 1 is 1.13 bits per heavy atom. The van der Waals surface area contributed by atoms with Crippen molar-refractivity contribution in [2.45, 2.75) is 85.2 Å². The Morgan fingerprint density at radius 2 is 1.90 bits per heavy atom. The summed E-state index contributed by atoms with van der Waals surface area (Å²) in [6.07, 6.45) is 11.5. The minimum absolute atomic E-state index is 0.0553. The van der Waals surface area contributed by atoms with Crippen LogP contribution in [0.25, 0.3) is 0 Å². The minimum Gasteiger partial charge on any atom is -0.462 e. The van der Waals surface area contributed by atoms with E-state index in [4.69, 9.17) is 10.5 Å². The third-order valence-corrected chi connectivity index (χ3v) is 9.24. The molecule has 0 aliphatic heterocycles. The number of hydrazone groups is 1. The number of rotatable bonds is 3. The molecule has 0 aromatic rings. The van der Waals surface area contributed by atoms with Gasteiger partial charge in [-0.15, -0.1) is 0 Å². The van der Waals surface area contributed by atoms with Crippen LogP contribution in [0, 0.1) is 34.5 Å². The van der Waals surface area contributed by atoms with Crippen molar-refractivity contribution in [3.05, 3.63) is 11.6 Å². The number of nitrogens with one attached hydrogen (secondary N) is 1. The van der Waals surface area contributed by atoms with Gasteiger partial charge < -0.3 is 10.5 Å². The third-order valence-electron chi connectivity index (χ3n) is 9.24. The molecular weight excluding hydrogens is 378 g/mol. The maximum atomic E-state index is 11.4. The second kappa shape index (κ2) is 7.69. The average Bonchev–Trinajstić information content (AvgIpc) is 3.03. The minimum atomic E-state index is -0.597. The summed E-state index contributed by atoms with van der Waals surface area (Å²) in [5.74, 6) is 2.37. The van der Waals surface area contributed by atoms with Crippen LogP contribution in [0.4, 0.5) is 4.79 Å². The van der Waals surface area contributed by atoms with Crippen molar-refractivity contribution in [2.24, 2.45) is 45.3 Å². The quantitative estimate of drug-likeness (QED) is 0.307. The number of fused-ring (bicyclic) bond motifs is 5. The monoisotopic (exact) mass is 415 g/mol. The molecule has 0 radical (unpaired) electrons. The van der Waals surface area contributed by atoms with Gasteiger partial charge in [-0.1, -0.05) is 25.5 Å². The molecule has 4 aliphatic rings. The van der Waals surface area contributed by atoms with E-state index in [-0.39, 0.29) is 22.9 Å². The average molecular weight is 416 g/mol. The molecule has 3 saturated carbocycles. The standard InChI is InChI=1S/C24H37N3O3/c1-14(26-27-22(25)29)19-7-8-20-18-6-5-16-13-17(30-15(2)28)9-11-23(16,3)21(18)10-12-24(19,20)4/h5,17-21H,6-13H2,1-4H3,(H3,25,27,29)/b26-14-/t17-,18-,19+,20-,21-,23+,24-/m1/s1. The molecule has 0 heterocycles. The van der Waals surface area contributed by atoms with Crippen LogP contribution in [-0.4, -0.2) is 23.8 Å². The van der Waals surface area contributed by atoms with Crippen molar-refractivity contribution in [3.63, 3.8) is 0 Å². The topological polar surface area (TPSA) is 93.8 Å². The van der Waals surface area contributed by atoms with Crippen LogP contribution in [0.1, 0.15) is 79.1 Å². The van der Waals surface area contributed by atoms with Gasteiger partial charge in [0.2, 0.25) is 0 Å². The molecule has 3 N–H and O–H groups in total. The fraction of sp³-hybridized carbons (Fsp3) is 0.792. The Bertz CT molecular complexity index is 791. The molecule has 7 atom stereocenters. The van der Waals surface area contributed by atoms with Crippen LogP contribution in [0.3, 0.4) is 0 Å². The van der Waals surface area contributed by atoms with Gasteiger partial charge in [0.25, 0.3) is 0 Å². The third kappa shape index (κ3) is 3.46. The number of esters is 1. The van der Waals surface area contributed by atoms with E-state index in [0.29, 0.717) is 23.7 Å². The summed E-state index contributed by atoms with van der Waals surface area (Å²) in [4.78, 5) is 22.5. The molecule has 0 aromatic carbocycles. The Morgan fingerprint density at radius 3 is 2.60 bits per heavy atom. The van der Waals surface area contributed by atoms with E-state index in [9.17, 15) is 9.59 Å². The van der Waals surface area contributed by atoms with E-state index < -0.39 is 6.03 Å². The number of amides is 2. The number of nitrogens with two attached hydrogens (primary N) is 1. The number of carbonyl (C=O) groups is 2. The van der Waals surface area contributed by atoms with Gasteiger partial charge in [-0.2, -0.15) is 5.10 Å². The lowest BCUT2D eigenvalue weighted by molar-refractivity contribution is -0.148. The van der Waals surface area contributed by atoms with Gasteiger partial charge in [-0.3, -0.25) is 4.79 Å². The lowest BCUT2D eigenvalue weighted by Crippen LogP contribution is -2.51. The predicted molar refractivity (Wildman–Crippen MR) is 117 cm³/mol. The lowest BCUT2D eigenvalue weighted by Gasteiger charge is -2.58. The van der Waals surface area contributed by atoms with Crippen molar-refractivity contribution in [1.82, 2.24) is 5.43 Å². The normalized spacial score (nSPS) is 43.0. The van der Waals surface area contributed by atoms with E-state index in [0.717, 1.165) is 37.8 Å². The number of ether oxygens (including phenoxy) is 1. The molecule has 0 aromatic heterocycles. The Labute approximate surface area is 180 Å². The fourth-order valence-electron chi connectivity index (χ4n) is 7.87. The highest BCUT2D eigenvalue weighted by molar-refractivity contribution is 5.86. The van der Waals surface area contributed by atoms with E-state index >= 15 is 0 Å². The number of hydrogen-bond acceptors (Lipinski definition) is 4. The summed E-state index contributed by atoms with van der Waals surface area (Å²) < 4.78 is 5.56. The highest BCUT2D eigenvalue weighted by Crippen LogP contribution is 2.66. The van der Waals surface area contributed by atoms with Crippen LogP contribution >= 0.6 is 0 Å². The molecule has 0 unspecified atom stereocenters. The zero-order chi connectivity index (χ0) is 21.7.